The summed E-state index contributed by atoms with van der Waals surface area (Å²) in [5.74, 6) is -0.851. The minimum atomic E-state index is -0.554. The Balaban J connectivity index is 1.57. The van der Waals surface area contributed by atoms with E-state index in [2.05, 4.69) is 9.97 Å². The Morgan fingerprint density at radius 3 is 2.59 bits per heavy atom. The van der Waals surface area contributed by atoms with Crippen LogP contribution in [0.15, 0.2) is 73.1 Å². The maximum atomic E-state index is 12.6. The Labute approximate surface area is 159 Å². The quantitative estimate of drug-likeness (QED) is 0.383. The van der Waals surface area contributed by atoms with Crippen LogP contribution in [0.25, 0.3) is 20.8 Å². The molecular formula is C21H14N2O3S. The van der Waals surface area contributed by atoms with Crippen LogP contribution < -0.4 is 0 Å². The van der Waals surface area contributed by atoms with Crippen LogP contribution in [0.1, 0.15) is 20.7 Å². The van der Waals surface area contributed by atoms with Gasteiger partial charge in [0.25, 0.3) is 0 Å². The minimum absolute atomic E-state index is 0.297. The molecule has 2 aromatic carbocycles. The molecule has 0 N–H and O–H groups in total. The lowest BCUT2D eigenvalue weighted by molar-refractivity contribution is 0.0475. The third-order valence-electron chi connectivity index (χ3n) is 3.99. The molecule has 0 spiro atoms. The number of nitrogens with zero attached hydrogens (tertiary/aromatic N) is 2. The Morgan fingerprint density at radius 1 is 0.963 bits per heavy atom. The number of ether oxygens (including phenoxy) is 1. The average Bonchev–Trinajstić information content (AvgIpc) is 3.16. The second-order valence-corrected chi connectivity index (χ2v) is 6.80. The maximum absolute atomic E-state index is 12.6. The number of esters is 1. The number of thiazole rings is 1. The zero-order valence-electron chi connectivity index (χ0n) is 14.2. The number of aromatic nitrogens is 2. The summed E-state index contributed by atoms with van der Waals surface area (Å²) in [5.41, 5.74) is 2.37. The van der Waals surface area contributed by atoms with Crippen LogP contribution >= 0.6 is 11.3 Å². The van der Waals surface area contributed by atoms with E-state index in [1.54, 1.807) is 30.5 Å². The summed E-state index contributed by atoms with van der Waals surface area (Å²) >= 11 is 1.51. The number of carbonyl (C=O) groups is 2. The molecule has 27 heavy (non-hydrogen) atoms. The monoisotopic (exact) mass is 374 g/mol. The molecule has 0 saturated carbocycles. The Bertz CT molecular complexity index is 1090. The molecule has 0 aliphatic heterocycles. The molecule has 2 aromatic heterocycles. The van der Waals surface area contributed by atoms with Gasteiger partial charge < -0.3 is 4.74 Å². The van der Waals surface area contributed by atoms with E-state index >= 15 is 0 Å². The molecule has 0 atom stereocenters. The fourth-order valence-corrected chi connectivity index (χ4v) is 3.66. The van der Waals surface area contributed by atoms with Crippen molar-refractivity contribution in [3.63, 3.8) is 0 Å². The largest absolute Gasteiger partial charge is 0.454 e. The van der Waals surface area contributed by atoms with Gasteiger partial charge >= 0.3 is 5.97 Å². The van der Waals surface area contributed by atoms with E-state index in [1.165, 1.54) is 17.5 Å². The molecule has 0 fully saturated rings. The number of fused-ring (bicyclic) bond motifs is 1. The van der Waals surface area contributed by atoms with Crippen LogP contribution in [0.4, 0.5) is 0 Å². The molecule has 0 radical (unpaired) electrons. The number of para-hydroxylation sites is 1. The highest BCUT2D eigenvalue weighted by atomic mass is 32.1. The molecule has 0 unspecified atom stereocenters. The number of pyridine rings is 1. The van der Waals surface area contributed by atoms with Crippen molar-refractivity contribution < 1.29 is 14.3 Å². The van der Waals surface area contributed by atoms with Crippen molar-refractivity contribution in [1.29, 1.82) is 0 Å². The van der Waals surface area contributed by atoms with Gasteiger partial charge in [-0.1, -0.05) is 30.3 Å². The zero-order chi connectivity index (χ0) is 18.6. The lowest BCUT2D eigenvalue weighted by Gasteiger charge is -2.07. The predicted molar refractivity (Wildman–Crippen MR) is 104 cm³/mol. The van der Waals surface area contributed by atoms with Crippen LogP contribution in [0.2, 0.25) is 0 Å². The molecule has 0 bridgehead atoms. The number of Topliss-reactive ketones (excluding diaryl/α,β-unsaturated/α-hetero) is 1. The fraction of sp³-hybridized carbons (Fsp3) is 0.0476. The van der Waals surface area contributed by atoms with Gasteiger partial charge in [-0.2, -0.15) is 0 Å². The molecule has 0 aliphatic rings. The van der Waals surface area contributed by atoms with Crippen molar-refractivity contribution in [2.75, 3.05) is 6.61 Å². The molecule has 5 nitrogen and oxygen atoms in total. The first-order valence-corrected chi connectivity index (χ1v) is 9.09. The fourth-order valence-electron chi connectivity index (χ4n) is 2.65. The van der Waals surface area contributed by atoms with Gasteiger partial charge in [0.15, 0.2) is 6.61 Å². The summed E-state index contributed by atoms with van der Waals surface area (Å²) < 4.78 is 6.29. The standard InChI is InChI=1S/C21H14N2O3S/c24-18(14-6-5-11-22-12-14)13-26-21(25)16-8-2-1-7-15(16)20-23-17-9-3-4-10-19(17)27-20/h1-12H,13H2. The molecule has 132 valence electrons. The van der Waals surface area contributed by atoms with Gasteiger partial charge in [-0.15, -0.1) is 11.3 Å². The lowest BCUT2D eigenvalue weighted by Crippen LogP contribution is -2.15. The second kappa shape index (κ2) is 7.47. The number of hydrogen-bond acceptors (Lipinski definition) is 6. The van der Waals surface area contributed by atoms with Gasteiger partial charge in [-0.25, -0.2) is 9.78 Å². The number of carbonyl (C=O) groups excluding carboxylic acids is 2. The highest BCUT2D eigenvalue weighted by Crippen LogP contribution is 2.32. The Hall–Kier alpha value is -3.38. The van der Waals surface area contributed by atoms with Gasteiger partial charge in [0.2, 0.25) is 5.78 Å². The molecular weight excluding hydrogens is 360 g/mol. The third kappa shape index (κ3) is 3.61. The average molecular weight is 374 g/mol. The van der Waals surface area contributed by atoms with E-state index in [4.69, 9.17) is 4.74 Å². The van der Waals surface area contributed by atoms with Gasteiger partial charge in [0, 0.05) is 23.5 Å². The van der Waals surface area contributed by atoms with Crippen LogP contribution in [0.3, 0.4) is 0 Å². The molecule has 6 heteroatoms. The van der Waals surface area contributed by atoms with Crippen molar-refractivity contribution in [3.8, 4) is 10.6 Å². The van der Waals surface area contributed by atoms with Crippen LogP contribution in [-0.2, 0) is 4.74 Å². The van der Waals surface area contributed by atoms with E-state index in [9.17, 15) is 9.59 Å². The summed E-state index contributed by atoms with van der Waals surface area (Å²) in [6, 6.07) is 18.2. The van der Waals surface area contributed by atoms with Crippen molar-refractivity contribution in [3.05, 3.63) is 84.2 Å². The van der Waals surface area contributed by atoms with Gasteiger partial charge in [-0.3, -0.25) is 9.78 Å². The topological polar surface area (TPSA) is 69.2 Å². The highest BCUT2D eigenvalue weighted by molar-refractivity contribution is 7.21. The SMILES string of the molecule is O=C(COC(=O)c1ccccc1-c1nc2ccccc2s1)c1cccnc1. The number of benzene rings is 2. The molecule has 2 heterocycles. The van der Waals surface area contributed by atoms with E-state index < -0.39 is 5.97 Å². The van der Waals surface area contributed by atoms with Gasteiger partial charge in [0.05, 0.1) is 15.8 Å². The first-order chi connectivity index (χ1) is 13.2. The normalized spacial score (nSPS) is 10.7. The number of rotatable bonds is 5. The molecule has 0 saturated heterocycles. The second-order valence-electron chi connectivity index (χ2n) is 5.77. The van der Waals surface area contributed by atoms with Crippen molar-refractivity contribution in [2.45, 2.75) is 0 Å². The molecule has 4 aromatic rings. The third-order valence-corrected chi connectivity index (χ3v) is 5.06. The molecule has 0 amide bonds. The van der Waals surface area contributed by atoms with Crippen molar-refractivity contribution in [2.24, 2.45) is 0 Å². The van der Waals surface area contributed by atoms with Crippen molar-refractivity contribution >= 4 is 33.3 Å². The predicted octanol–water partition coefficient (Wildman–Crippen LogP) is 4.40. The van der Waals surface area contributed by atoms with Crippen LogP contribution in [0, 0.1) is 0 Å². The van der Waals surface area contributed by atoms with Crippen molar-refractivity contribution in [1.82, 2.24) is 9.97 Å². The molecule has 4 rings (SSSR count). The smallest absolute Gasteiger partial charge is 0.339 e. The van der Waals surface area contributed by atoms with Crippen LogP contribution in [0.5, 0.6) is 0 Å². The summed E-state index contributed by atoms with van der Waals surface area (Å²) in [5, 5.41) is 0.738. The highest BCUT2D eigenvalue weighted by Gasteiger charge is 2.18. The first kappa shape index (κ1) is 17.1. The molecule has 0 aliphatic carbocycles. The van der Waals surface area contributed by atoms with E-state index in [-0.39, 0.29) is 12.4 Å². The Morgan fingerprint density at radius 2 is 1.78 bits per heavy atom. The number of ketones is 1. The zero-order valence-corrected chi connectivity index (χ0v) is 15.0. The summed E-state index contributed by atoms with van der Waals surface area (Å²) in [7, 11) is 0. The van der Waals surface area contributed by atoms with Gasteiger partial charge in [0.1, 0.15) is 5.01 Å². The van der Waals surface area contributed by atoms with E-state index in [0.29, 0.717) is 16.7 Å². The maximum Gasteiger partial charge on any atom is 0.339 e. The van der Waals surface area contributed by atoms with E-state index in [0.717, 1.165) is 15.2 Å². The lowest BCUT2D eigenvalue weighted by atomic mass is 10.1. The summed E-state index contributed by atoms with van der Waals surface area (Å²) in [6.07, 6.45) is 3.03. The van der Waals surface area contributed by atoms with Crippen LogP contribution in [-0.4, -0.2) is 28.3 Å². The first-order valence-electron chi connectivity index (χ1n) is 8.28. The van der Waals surface area contributed by atoms with E-state index in [1.807, 2.05) is 36.4 Å². The number of hydrogen-bond donors (Lipinski definition) is 0. The summed E-state index contributed by atoms with van der Waals surface area (Å²) in [6.45, 7) is -0.335. The Kier molecular flexibility index (Phi) is 4.72. The van der Waals surface area contributed by atoms with Gasteiger partial charge in [-0.05, 0) is 30.3 Å². The minimum Gasteiger partial charge on any atom is -0.454 e. The summed E-state index contributed by atoms with van der Waals surface area (Å²) in [4.78, 5) is 33.2.